The zero-order valence-corrected chi connectivity index (χ0v) is 15.5. The standard InChI is InChI=1S/C17H9ClN6S2/c18-11-4-2-10(3-5-11)12-8-25-14-13(12)15(21-9-20-14)26-17-22-16-19-6-1-7-24(16)23-17/h1-9H. The van der Waals surface area contributed by atoms with Crippen LogP contribution in [0.5, 0.6) is 0 Å². The predicted molar refractivity (Wildman–Crippen MR) is 103 cm³/mol. The maximum absolute atomic E-state index is 6.02. The molecule has 4 heterocycles. The highest BCUT2D eigenvalue weighted by Gasteiger charge is 2.16. The summed E-state index contributed by atoms with van der Waals surface area (Å²) < 4.78 is 1.65. The van der Waals surface area contributed by atoms with E-state index in [1.807, 2.05) is 36.5 Å². The molecule has 0 aliphatic heterocycles. The fraction of sp³-hybridized carbons (Fsp3) is 0. The Morgan fingerprint density at radius 3 is 2.81 bits per heavy atom. The van der Waals surface area contributed by atoms with E-state index < -0.39 is 0 Å². The fourth-order valence-electron chi connectivity index (χ4n) is 2.61. The smallest absolute Gasteiger partial charge is 0.229 e. The third-order valence-electron chi connectivity index (χ3n) is 3.78. The summed E-state index contributed by atoms with van der Waals surface area (Å²) in [7, 11) is 0. The molecule has 0 atom stereocenters. The van der Waals surface area contributed by atoms with Crippen LogP contribution in [0.2, 0.25) is 5.02 Å². The number of fused-ring (bicyclic) bond motifs is 2. The molecule has 6 nitrogen and oxygen atoms in total. The van der Waals surface area contributed by atoms with Gasteiger partial charge in [-0.3, -0.25) is 0 Å². The van der Waals surface area contributed by atoms with Crippen molar-refractivity contribution in [2.75, 3.05) is 0 Å². The molecule has 0 unspecified atom stereocenters. The molecule has 0 radical (unpaired) electrons. The molecule has 9 heteroatoms. The molecule has 0 amide bonds. The van der Waals surface area contributed by atoms with E-state index in [2.05, 4.69) is 30.4 Å². The van der Waals surface area contributed by atoms with Crippen LogP contribution in [0, 0.1) is 0 Å². The minimum atomic E-state index is 0.559. The van der Waals surface area contributed by atoms with Crippen LogP contribution in [0.15, 0.2) is 64.6 Å². The van der Waals surface area contributed by atoms with Gasteiger partial charge in [0.2, 0.25) is 5.16 Å². The third kappa shape index (κ3) is 2.72. The highest BCUT2D eigenvalue weighted by atomic mass is 35.5. The van der Waals surface area contributed by atoms with Crippen molar-refractivity contribution >= 4 is 50.7 Å². The Balaban J connectivity index is 1.63. The predicted octanol–water partition coefficient (Wildman–Crippen LogP) is 4.60. The first-order valence-electron chi connectivity index (χ1n) is 7.61. The molecular formula is C17H9ClN6S2. The zero-order chi connectivity index (χ0) is 17.5. The summed E-state index contributed by atoms with van der Waals surface area (Å²) >= 11 is 9.01. The van der Waals surface area contributed by atoms with Gasteiger partial charge in [0, 0.05) is 28.4 Å². The average Bonchev–Trinajstić information content (AvgIpc) is 3.26. The molecule has 5 rings (SSSR count). The van der Waals surface area contributed by atoms with Gasteiger partial charge < -0.3 is 0 Å². The molecule has 0 fully saturated rings. The van der Waals surface area contributed by atoms with Gasteiger partial charge in [-0.1, -0.05) is 23.7 Å². The van der Waals surface area contributed by atoms with Crippen LogP contribution in [0.3, 0.4) is 0 Å². The molecule has 0 aliphatic rings. The highest BCUT2D eigenvalue weighted by Crippen LogP contribution is 2.39. The first-order chi connectivity index (χ1) is 12.8. The molecular weight excluding hydrogens is 388 g/mol. The molecule has 0 spiro atoms. The van der Waals surface area contributed by atoms with E-state index in [9.17, 15) is 0 Å². The topological polar surface area (TPSA) is 68.9 Å². The lowest BCUT2D eigenvalue weighted by atomic mass is 10.1. The zero-order valence-electron chi connectivity index (χ0n) is 13.1. The molecule has 4 aromatic heterocycles. The van der Waals surface area contributed by atoms with Crippen molar-refractivity contribution in [2.24, 2.45) is 0 Å². The Hall–Kier alpha value is -2.55. The lowest BCUT2D eigenvalue weighted by Gasteiger charge is -2.03. The van der Waals surface area contributed by atoms with E-state index >= 15 is 0 Å². The van der Waals surface area contributed by atoms with Crippen LogP contribution in [-0.4, -0.2) is 29.5 Å². The van der Waals surface area contributed by atoms with Crippen LogP contribution < -0.4 is 0 Å². The SMILES string of the molecule is Clc1ccc(-c2csc3ncnc(Sc4nc5ncccn5n4)c23)cc1. The molecule has 5 aromatic rings. The van der Waals surface area contributed by atoms with E-state index in [4.69, 9.17) is 11.6 Å². The van der Waals surface area contributed by atoms with Crippen molar-refractivity contribution < 1.29 is 0 Å². The number of aromatic nitrogens is 6. The van der Waals surface area contributed by atoms with Crippen LogP contribution in [0.4, 0.5) is 0 Å². The van der Waals surface area contributed by atoms with Crippen molar-refractivity contribution in [3.8, 4) is 11.1 Å². The Bertz CT molecular complexity index is 1200. The van der Waals surface area contributed by atoms with Gasteiger partial charge in [0.1, 0.15) is 16.2 Å². The second-order valence-electron chi connectivity index (χ2n) is 5.38. The number of nitrogens with zero attached hydrogens (tertiary/aromatic N) is 6. The summed E-state index contributed by atoms with van der Waals surface area (Å²) in [6, 6.07) is 9.58. The van der Waals surface area contributed by atoms with Gasteiger partial charge in [-0.2, -0.15) is 4.98 Å². The van der Waals surface area contributed by atoms with E-state index in [1.54, 1.807) is 28.4 Å². The summed E-state index contributed by atoms with van der Waals surface area (Å²) in [6.45, 7) is 0. The first-order valence-corrected chi connectivity index (χ1v) is 9.69. The summed E-state index contributed by atoms with van der Waals surface area (Å²) in [5.41, 5.74) is 2.15. The monoisotopic (exact) mass is 396 g/mol. The molecule has 26 heavy (non-hydrogen) atoms. The van der Waals surface area contributed by atoms with Crippen molar-refractivity contribution in [3.05, 3.63) is 59.5 Å². The van der Waals surface area contributed by atoms with Crippen LogP contribution in [-0.2, 0) is 0 Å². The summed E-state index contributed by atoms with van der Waals surface area (Å²) in [5, 5.41) is 9.65. The molecule has 0 bridgehead atoms. The van der Waals surface area contributed by atoms with Gasteiger partial charge >= 0.3 is 0 Å². The molecule has 0 N–H and O–H groups in total. The van der Waals surface area contributed by atoms with E-state index in [1.165, 1.54) is 11.8 Å². The van der Waals surface area contributed by atoms with E-state index in [0.717, 1.165) is 26.4 Å². The number of hydrogen-bond donors (Lipinski definition) is 0. The Kier molecular flexibility index (Phi) is 3.81. The fourth-order valence-corrected chi connectivity index (χ4v) is 4.55. The molecule has 1 aromatic carbocycles. The minimum Gasteiger partial charge on any atom is -0.229 e. The number of hydrogen-bond acceptors (Lipinski definition) is 7. The van der Waals surface area contributed by atoms with Gasteiger partial charge in [-0.25, -0.2) is 19.5 Å². The molecule has 126 valence electrons. The molecule has 0 aliphatic carbocycles. The van der Waals surface area contributed by atoms with Gasteiger partial charge in [-0.15, -0.1) is 16.4 Å². The summed E-state index contributed by atoms with van der Waals surface area (Å²) in [6.07, 6.45) is 5.08. The molecule has 0 saturated heterocycles. The van der Waals surface area contributed by atoms with Gasteiger partial charge in [0.05, 0.1) is 5.39 Å². The number of benzene rings is 1. The number of rotatable bonds is 3. The first kappa shape index (κ1) is 15.7. The summed E-state index contributed by atoms with van der Waals surface area (Å²) in [5.74, 6) is 0.559. The van der Waals surface area contributed by atoms with E-state index in [0.29, 0.717) is 16.0 Å². The highest BCUT2D eigenvalue weighted by molar-refractivity contribution is 7.99. The lowest BCUT2D eigenvalue weighted by molar-refractivity contribution is 0.878. The maximum Gasteiger partial charge on any atom is 0.253 e. The third-order valence-corrected chi connectivity index (χ3v) is 5.77. The minimum absolute atomic E-state index is 0.559. The van der Waals surface area contributed by atoms with Gasteiger partial charge in [0.25, 0.3) is 5.78 Å². The second-order valence-corrected chi connectivity index (χ2v) is 7.63. The molecule has 0 saturated carbocycles. The quantitative estimate of drug-likeness (QED) is 0.415. The van der Waals surface area contributed by atoms with Crippen molar-refractivity contribution in [3.63, 3.8) is 0 Å². The van der Waals surface area contributed by atoms with Crippen LogP contribution in [0.25, 0.3) is 27.1 Å². The lowest BCUT2D eigenvalue weighted by Crippen LogP contribution is -1.88. The van der Waals surface area contributed by atoms with Crippen LogP contribution >= 0.6 is 34.7 Å². The Morgan fingerprint density at radius 2 is 1.96 bits per heavy atom. The van der Waals surface area contributed by atoms with Crippen molar-refractivity contribution in [2.45, 2.75) is 10.2 Å². The Labute approximate surface area is 160 Å². The normalized spacial score (nSPS) is 11.4. The maximum atomic E-state index is 6.02. The van der Waals surface area contributed by atoms with Gasteiger partial charge in [0.15, 0.2) is 0 Å². The van der Waals surface area contributed by atoms with Gasteiger partial charge in [-0.05, 0) is 35.5 Å². The summed E-state index contributed by atoms with van der Waals surface area (Å²) in [4.78, 5) is 18.4. The van der Waals surface area contributed by atoms with Crippen molar-refractivity contribution in [1.82, 2.24) is 29.5 Å². The largest absolute Gasteiger partial charge is 0.253 e. The Morgan fingerprint density at radius 1 is 1.08 bits per heavy atom. The van der Waals surface area contributed by atoms with Crippen molar-refractivity contribution in [1.29, 1.82) is 0 Å². The number of thiophene rings is 1. The second kappa shape index (κ2) is 6.31. The number of halogens is 1. The average molecular weight is 397 g/mol. The van der Waals surface area contributed by atoms with E-state index in [-0.39, 0.29) is 0 Å². The van der Waals surface area contributed by atoms with Crippen LogP contribution in [0.1, 0.15) is 0 Å².